The number of halogens is 1. The number of carbonyl (C=O) groups excluding carboxylic acids is 1. The smallest absolute Gasteiger partial charge is 0.239 e. The van der Waals surface area contributed by atoms with Crippen molar-refractivity contribution in [3.8, 4) is 0 Å². The number of alkyl halides is 1. The molecule has 0 radical (unpaired) electrons. The van der Waals surface area contributed by atoms with Crippen LogP contribution in [0.5, 0.6) is 0 Å². The number of nitrogens with one attached hydrogen (secondary N) is 1. The van der Waals surface area contributed by atoms with Gasteiger partial charge in [-0.15, -0.1) is 0 Å². The average molecular weight is 204 g/mol. The van der Waals surface area contributed by atoms with Crippen LogP contribution in [-0.2, 0) is 4.79 Å². The Bertz CT molecular complexity index is 160. The number of nitrogens with zero attached hydrogens (tertiary/aromatic N) is 1. The standard InChI is InChI=1S/C10H21FN2O/c1-4-13(5-2)10(14)9(3)12-8-6-7-11/h9,12H,4-8H2,1-3H3. The highest BCUT2D eigenvalue weighted by atomic mass is 19.1. The molecule has 0 aliphatic heterocycles. The van der Waals surface area contributed by atoms with Crippen LogP contribution in [0.25, 0.3) is 0 Å². The third-order valence-electron chi connectivity index (χ3n) is 2.21. The molecule has 0 spiro atoms. The van der Waals surface area contributed by atoms with E-state index in [2.05, 4.69) is 5.32 Å². The maximum absolute atomic E-state index is 11.8. The van der Waals surface area contributed by atoms with E-state index in [1.165, 1.54) is 0 Å². The third-order valence-corrected chi connectivity index (χ3v) is 2.21. The molecule has 0 bridgehead atoms. The zero-order chi connectivity index (χ0) is 11.0. The first-order valence-electron chi connectivity index (χ1n) is 5.25. The summed E-state index contributed by atoms with van der Waals surface area (Å²) in [6, 6.07) is -0.207. The first kappa shape index (κ1) is 13.4. The van der Waals surface area contributed by atoms with Gasteiger partial charge in [-0.25, -0.2) is 0 Å². The minimum Gasteiger partial charge on any atom is -0.342 e. The van der Waals surface area contributed by atoms with Crippen LogP contribution in [0.4, 0.5) is 4.39 Å². The molecule has 0 aromatic carbocycles. The molecule has 4 heteroatoms. The fourth-order valence-corrected chi connectivity index (χ4v) is 1.28. The lowest BCUT2D eigenvalue weighted by atomic mass is 10.2. The van der Waals surface area contributed by atoms with Crippen LogP contribution in [0.1, 0.15) is 27.2 Å². The van der Waals surface area contributed by atoms with Crippen LogP contribution >= 0.6 is 0 Å². The van der Waals surface area contributed by atoms with E-state index in [9.17, 15) is 9.18 Å². The van der Waals surface area contributed by atoms with Crippen LogP contribution in [0.2, 0.25) is 0 Å². The fraction of sp³-hybridized carbons (Fsp3) is 0.900. The highest BCUT2D eigenvalue weighted by molar-refractivity contribution is 5.81. The normalized spacial score (nSPS) is 12.6. The van der Waals surface area contributed by atoms with Crippen molar-refractivity contribution in [2.75, 3.05) is 26.3 Å². The second kappa shape index (κ2) is 7.74. The summed E-state index contributed by atoms with van der Waals surface area (Å²) >= 11 is 0. The number of likely N-dealkylation sites (N-methyl/N-ethyl adjacent to an activating group) is 1. The Labute approximate surface area is 85.7 Å². The molecule has 0 saturated heterocycles. The van der Waals surface area contributed by atoms with Gasteiger partial charge in [0.1, 0.15) is 0 Å². The van der Waals surface area contributed by atoms with Crippen molar-refractivity contribution in [2.24, 2.45) is 0 Å². The van der Waals surface area contributed by atoms with E-state index in [0.29, 0.717) is 13.0 Å². The van der Waals surface area contributed by atoms with Crippen molar-refractivity contribution >= 4 is 5.91 Å². The molecule has 84 valence electrons. The summed E-state index contributed by atoms with van der Waals surface area (Å²) in [6.45, 7) is 7.41. The molecule has 0 rings (SSSR count). The first-order chi connectivity index (χ1) is 6.67. The number of hydrogen-bond acceptors (Lipinski definition) is 2. The molecule has 0 aromatic rings. The minimum absolute atomic E-state index is 0.0915. The Hall–Kier alpha value is -0.640. The van der Waals surface area contributed by atoms with Crippen LogP contribution < -0.4 is 5.32 Å². The average Bonchev–Trinajstić information content (AvgIpc) is 2.19. The molecule has 1 unspecified atom stereocenters. The highest BCUT2D eigenvalue weighted by Gasteiger charge is 2.16. The molecule has 0 saturated carbocycles. The monoisotopic (exact) mass is 204 g/mol. The Balaban J connectivity index is 3.84. The molecular weight excluding hydrogens is 183 g/mol. The van der Waals surface area contributed by atoms with Gasteiger partial charge in [-0.2, -0.15) is 0 Å². The van der Waals surface area contributed by atoms with Gasteiger partial charge in [0.05, 0.1) is 12.7 Å². The van der Waals surface area contributed by atoms with Crippen LogP contribution in [0, 0.1) is 0 Å². The molecule has 14 heavy (non-hydrogen) atoms. The Kier molecular flexibility index (Phi) is 7.38. The minimum atomic E-state index is -0.334. The second-order valence-corrected chi connectivity index (χ2v) is 3.23. The number of carbonyl (C=O) groups is 1. The van der Waals surface area contributed by atoms with Crippen LogP contribution in [0.3, 0.4) is 0 Å². The van der Waals surface area contributed by atoms with Crippen LogP contribution in [-0.4, -0.2) is 43.2 Å². The van der Waals surface area contributed by atoms with E-state index in [0.717, 1.165) is 13.1 Å². The Morgan fingerprint density at radius 1 is 1.43 bits per heavy atom. The summed E-state index contributed by atoms with van der Waals surface area (Å²) in [5.41, 5.74) is 0. The first-order valence-corrected chi connectivity index (χ1v) is 5.25. The SMILES string of the molecule is CCN(CC)C(=O)C(C)NCCCF. The molecule has 0 aliphatic carbocycles. The molecular formula is C10H21FN2O. The largest absolute Gasteiger partial charge is 0.342 e. The highest BCUT2D eigenvalue weighted by Crippen LogP contribution is 1.94. The van der Waals surface area contributed by atoms with Gasteiger partial charge in [0.2, 0.25) is 5.91 Å². The van der Waals surface area contributed by atoms with E-state index in [-0.39, 0.29) is 18.6 Å². The summed E-state index contributed by atoms with van der Waals surface area (Å²) in [7, 11) is 0. The number of amides is 1. The van der Waals surface area contributed by atoms with Crippen LogP contribution in [0.15, 0.2) is 0 Å². The molecule has 0 heterocycles. The number of hydrogen-bond donors (Lipinski definition) is 1. The van der Waals surface area contributed by atoms with Gasteiger partial charge in [0, 0.05) is 13.1 Å². The summed E-state index contributed by atoms with van der Waals surface area (Å²) in [5, 5.41) is 3.00. The van der Waals surface area contributed by atoms with Crippen molar-refractivity contribution in [1.29, 1.82) is 0 Å². The maximum Gasteiger partial charge on any atom is 0.239 e. The maximum atomic E-state index is 11.8. The summed E-state index contributed by atoms with van der Waals surface area (Å²) in [5.74, 6) is 0.0915. The number of rotatable bonds is 7. The zero-order valence-electron chi connectivity index (χ0n) is 9.35. The molecule has 1 N–H and O–H groups in total. The summed E-state index contributed by atoms with van der Waals surface area (Å²) < 4.78 is 11.8. The van der Waals surface area contributed by atoms with E-state index in [1.807, 2.05) is 20.8 Å². The molecule has 0 fully saturated rings. The van der Waals surface area contributed by atoms with E-state index in [4.69, 9.17) is 0 Å². The lowest BCUT2D eigenvalue weighted by Gasteiger charge is -2.23. The van der Waals surface area contributed by atoms with Gasteiger partial charge >= 0.3 is 0 Å². The summed E-state index contributed by atoms with van der Waals surface area (Å²) in [4.78, 5) is 13.4. The lowest BCUT2D eigenvalue weighted by Crippen LogP contribution is -2.45. The van der Waals surface area contributed by atoms with Gasteiger partial charge in [-0.3, -0.25) is 9.18 Å². The molecule has 0 aromatic heterocycles. The predicted molar refractivity (Wildman–Crippen MR) is 56.0 cm³/mol. The van der Waals surface area contributed by atoms with Crippen molar-refractivity contribution < 1.29 is 9.18 Å². The second-order valence-electron chi connectivity index (χ2n) is 3.23. The lowest BCUT2D eigenvalue weighted by molar-refractivity contribution is -0.132. The van der Waals surface area contributed by atoms with Gasteiger partial charge in [0.15, 0.2) is 0 Å². The predicted octanol–water partition coefficient (Wildman–Crippen LogP) is 1.19. The molecule has 0 aliphatic rings. The fourth-order valence-electron chi connectivity index (χ4n) is 1.28. The summed E-state index contributed by atoms with van der Waals surface area (Å²) in [6.07, 6.45) is 0.468. The third kappa shape index (κ3) is 4.56. The van der Waals surface area contributed by atoms with Gasteiger partial charge in [-0.05, 0) is 33.7 Å². The van der Waals surface area contributed by atoms with Gasteiger partial charge in [0.25, 0.3) is 0 Å². The zero-order valence-corrected chi connectivity index (χ0v) is 9.35. The Morgan fingerprint density at radius 2 is 2.00 bits per heavy atom. The molecule has 1 amide bonds. The molecule has 3 nitrogen and oxygen atoms in total. The van der Waals surface area contributed by atoms with Crippen molar-refractivity contribution in [1.82, 2.24) is 10.2 Å². The molecule has 1 atom stereocenters. The van der Waals surface area contributed by atoms with E-state index >= 15 is 0 Å². The Morgan fingerprint density at radius 3 is 2.43 bits per heavy atom. The van der Waals surface area contributed by atoms with E-state index in [1.54, 1.807) is 4.90 Å². The van der Waals surface area contributed by atoms with E-state index < -0.39 is 0 Å². The van der Waals surface area contributed by atoms with Crippen molar-refractivity contribution in [3.63, 3.8) is 0 Å². The van der Waals surface area contributed by atoms with Gasteiger partial charge in [-0.1, -0.05) is 0 Å². The topological polar surface area (TPSA) is 32.3 Å². The van der Waals surface area contributed by atoms with Crippen molar-refractivity contribution in [2.45, 2.75) is 33.2 Å². The van der Waals surface area contributed by atoms with Gasteiger partial charge < -0.3 is 10.2 Å². The van der Waals surface area contributed by atoms with Crippen molar-refractivity contribution in [3.05, 3.63) is 0 Å². The quantitative estimate of drug-likeness (QED) is 0.632.